The molecule has 0 aromatic heterocycles. The molecule has 1 aliphatic rings. The molecule has 3 nitrogen and oxygen atoms in total. The first-order chi connectivity index (χ1) is 11.6. The quantitative estimate of drug-likeness (QED) is 0.851. The molecule has 124 valence electrons. The first-order valence-corrected chi connectivity index (χ1v) is 8.33. The molecule has 0 aliphatic carbocycles. The number of carbonyl (C=O) groups is 1. The summed E-state index contributed by atoms with van der Waals surface area (Å²) < 4.78 is 6.46. The average Bonchev–Trinajstić information content (AvgIpc) is 2.61. The summed E-state index contributed by atoms with van der Waals surface area (Å²) in [7, 11) is 0. The fourth-order valence-corrected chi connectivity index (χ4v) is 3.16. The molecule has 2 aromatic rings. The lowest BCUT2D eigenvalue weighted by molar-refractivity contribution is -0.118. The van der Waals surface area contributed by atoms with Crippen LogP contribution in [0, 0.1) is 0 Å². The molecule has 0 fully saturated rings. The Morgan fingerprint density at radius 2 is 1.62 bits per heavy atom. The van der Waals surface area contributed by atoms with E-state index in [4.69, 9.17) is 4.74 Å². The zero-order valence-electron chi connectivity index (χ0n) is 14.2. The fourth-order valence-electron chi connectivity index (χ4n) is 3.16. The monoisotopic (exact) mass is 321 g/mol. The van der Waals surface area contributed by atoms with E-state index in [9.17, 15) is 4.79 Å². The van der Waals surface area contributed by atoms with Crippen molar-refractivity contribution < 1.29 is 9.53 Å². The summed E-state index contributed by atoms with van der Waals surface area (Å²) in [6, 6.07) is 20.5. The van der Waals surface area contributed by atoms with Crippen LogP contribution in [0.5, 0.6) is 0 Å². The molecule has 0 spiro atoms. The normalized spacial score (nSPS) is 20.8. The van der Waals surface area contributed by atoms with Crippen LogP contribution in [0.1, 0.15) is 43.6 Å². The van der Waals surface area contributed by atoms with Crippen molar-refractivity contribution >= 4 is 5.91 Å². The largest absolute Gasteiger partial charge is 0.361 e. The van der Waals surface area contributed by atoms with E-state index in [0.717, 1.165) is 17.6 Å². The van der Waals surface area contributed by atoms with Crippen molar-refractivity contribution in [2.24, 2.45) is 0 Å². The summed E-state index contributed by atoms with van der Waals surface area (Å²) in [5.74, 6) is -0.0210. The molecule has 0 saturated carbocycles. The lowest BCUT2D eigenvalue weighted by Crippen LogP contribution is -2.29. The molecule has 1 heterocycles. The molecular weight excluding hydrogens is 298 g/mol. The van der Waals surface area contributed by atoms with Crippen molar-refractivity contribution in [3.63, 3.8) is 0 Å². The first-order valence-electron chi connectivity index (χ1n) is 8.33. The summed E-state index contributed by atoms with van der Waals surface area (Å²) in [6.07, 6.45) is 0.761. The molecule has 0 radical (unpaired) electrons. The van der Waals surface area contributed by atoms with Gasteiger partial charge in [-0.3, -0.25) is 4.79 Å². The number of benzene rings is 2. The minimum Gasteiger partial charge on any atom is -0.361 e. The van der Waals surface area contributed by atoms with E-state index in [1.54, 1.807) is 6.92 Å². The van der Waals surface area contributed by atoms with Gasteiger partial charge in [-0.1, -0.05) is 66.2 Å². The van der Waals surface area contributed by atoms with Gasteiger partial charge in [0.25, 0.3) is 0 Å². The second-order valence-corrected chi connectivity index (χ2v) is 6.25. The van der Waals surface area contributed by atoms with E-state index >= 15 is 0 Å². The van der Waals surface area contributed by atoms with Gasteiger partial charge in [0.15, 0.2) is 0 Å². The second kappa shape index (κ2) is 7.45. The van der Waals surface area contributed by atoms with Gasteiger partial charge in [0.1, 0.15) is 6.10 Å². The Bertz CT molecular complexity index is 722. The van der Waals surface area contributed by atoms with Crippen LogP contribution in [0.25, 0.3) is 0 Å². The molecule has 3 rings (SSSR count). The topological polar surface area (TPSA) is 38.3 Å². The van der Waals surface area contributed by atoms with Gasteiger partial charge in [-0.2, -0.15) is 0 Å². The third kappa shape index (κ3) is 3.74. The molecule has 0 unspecified atom stereocenters. The summed E-state index contributed by atoms with van der Waals surface area (Å²) in [4.78, 5) is 11.3. The van der Waals surface area contributed by atoms with Gasteiger partial charge >= 0.3 is 0 Å². The molecule has 1 aliphatic heterocycles. The van der Waals surface area contributed by atoms with E-state index in [1.807, 2.05) is 36.4 Å². The maximum atomic E-state index is 11.3. The van der Waals surface area contributed by atoms with Gasteiger partial charge in [-0.25, -0.2) is 0 Å². The standard InChI is InChI=1S/C21H23NO2/c1-15-13-20(17-9-5-3-6-10-17)24-21(18-11-7-4-8-12-18)19(15)14-22-16(2)23/h3-12,20-21H,13-14H2,1-2H3,(H,22,23)/t20-,21-/m0/s1. The summed E-state index contributed by atoms with van der Waals surface area (Å²) >= 11 is 0. The lowest BCUT2D eigenvalue weighted by atomic mass is 9.89. The predicted molar refractivity (Wildman–Crippen MR) is 95.5 cm³/mol. The zero-order valence-corrected chi connectivity index (χ0v) is 14.2. The number of ether oxygens (including phenoxy) is 1. The van der Waals surface area contributed by atoms with Crippen LogP contribution in [0.15, 0.2) is 71.8 Å². The van der Waals surface area contributed by atoms with Crippen LogP contribution in [0.2, 0.25) is 0 Å². The highest BCUT2D eigenvalue weighted by Gasteiger charge is 2.30. The molecule has 2 aromatic carbocycles. The highest BCUT2D eigenvalue weighted by molar-refractivity contribution is 5.73. The fraction of sp³-hybridized carbons (Fsp3) is 0.286. The van der Waals surface area contributed by atoms with Crippen molar-refractivity contribution in [3.8, 4) is 0 Å². The smallest absolute Gasteiger partial charge is 0.217 e. The Labute approximate surface area is 143 Å². The van der Waals surface area contributed by atoms with Crippen molar-refractivity contribution in [1.82, 2.24) is 5.32 Å². The van der Waals surface area contributed by atoms with Crippen LogP contribution >= 0.6 is 0 Å². The van der Waals surface area contributed by atoms with Gasteiger partial charge in [-0.15, -0.1) is 0 Å². The van der Waals surface area contributed by atoms with Gasteiger partial charge in [0, 0.05) is 13.5 Å². The molecule has 0 bridgehead atoms. The van der Waals surface area contributed by atoms with Gasteiger partial charge in [0.2, 0.25) is 5.91 Å². The van der Waals surface area contributed by atoms with Crippen molar-refractivity contribution in [1.29, 1.82) is 0 Å². The summed E-state index contributed by atoms with van der Waals surface area (Å²) in [6.45, 7) is 4.22. The molecule has 24 heavy (non-hydrogen) atoms. The van der Waals surface area contributed by atoms with Crippen LogP contribution in [-0.2, 0) is 9.53 Å². The number of hydrogen-bond acceptors (Lipinski definition) is 2. The van der Waals surface area contributed by atoms with Crippen molar-refractivity contribution in [3.05, 3.63) is 82.9 Å². The van der Waals surface area contributed by atoms with E-state index in [1.165, 1.54) is 11.1 Å². The molecular formula is C21H23NO2. The molecule has 3 heteroatoms. The highest BCUT2D eigenvalue weighted by Crippen LogP contribution is 2.41. The van der Waals surface area contributed by atoms with Crippen LogP contribution < -0.4 is 5.32 Å². The maximum Gasteiger partial charge on any atom is 0.217 e. The second-order valence-electron chi connectivity index (χ2n) is 6.25. The zero-order chi connectivity index (χ0) is 16.9. The lowest BCUT2D eigenvalue weighted by Gasteiger charge is -2.34. The van der Waals surface area contributed by atoms with Gasteiger partial charge in [-0.05, 0) is 30.0 Å². The van der Waals surface area contributed by atoms with Crippen LogP contribution in [-0.4, -0.2) is 12.5 Å². The molecule has 2 atom stereocenters. The predicted octanol–water partition coefficient (Wildman–Crippen LogP) is 4.34. The molecule has 1 amide bonds. The van der Waals surface area contributed by atoms with Crippen LogP contribution in [0.3, 0.4) is 0 Å². The van der Waals surface area contributed by atoms with E-state index in [2.05, 4.69) is 36.5 Å². The molecule has 0 saturated heterocycles. The average molecular weight is 321 g/mol. The number of carbonyl (C=O) groups excluding carboxylic acids is 1. The minimum atomic E-state index is -0.128. The van der Waals surface area contributed by atoms with E-state index in [0.29, 0.717) is 6.54 Å². The number of amides is 1. The Hall–Kier alpha value is -2.39. The third-order valence-corrected chi connectivity index (χ3v) is 4.46. The third-order valence-electron chi connectivity index (χ3n) is 4.46. The summed E-state index contributed by atoms with van der Waals surface area (Å²) in [5.41, 5.74) is 4.76. The number of nitrogens with one attached hydrogen (secondary N) is 1. The molecule has 1 N–H and O–H groups in total. The minimum absolute atomic E-state index is 0.0210. The highest BCUT2D eigenvalue weighted by atomic mass is 16.5. The Balaban J connectivity index is 1.93. The Morgan fingerprint density at radius 3 is 2.21 bits per heavy atom. The Kier molecular flexibility index (Phi) is 5.11. The summed E-state index contributed by atoms with van der Waals surface area (Å²) in [5, 5.41) is 2.92. The van der Waals surface area contributed by atoms with E-state index in [-0.39, 0.29) is 18.1 Å². The number of rotatable bonds is 4. The SMILES string of the molecule is CC(=O)NCC1=C(C)C[C@@H](c2ccccc2)O[C@H]1c1ccccc1. The van der Waals surface area contributed by atoms with Gasteiger partial charge < -0.3 is 10.1 Å². The Morgan fingerprint density at radius 1 is 1.04 bits per heavy atom. The number of hydrogen-bond donors (Lipinski definition) is 1. The van der Waals surface area contributed by atoms with Crippen molar-refractivity contribution in [2.75, 3.05) is 6.54 Å². The van der Waals surface area contributed by atoms with Gasteiger partial charge in [0.05, 0.1) is 6.10 Å². The first kappa shape index (κ1) is 16.5. The maximum absolute atomic E-state index is 11.3. The van der Waals surface area contributed by atoms with Crippen molar-refractivity contribution in [2.45, 2.75) is 32.5 Å². The van der Waals surface area contributed by atoms with E-state index < -0.39 is 0 Å². The van der Waals surface area contributed by atoms with Crippen LogP contribution in [0.4, 0.5) is 0 Å².